The molecule has 0 unspecified atom stereocenters. The number of amides is 1. The van der Waals surface area contributed by atoms with Crippen molar-refractivity contribution >= 4 is 17.4 Å². The number of carbonyl (C=O) groups is 1. The van der Waals surface area contributed by atoms with E-state index in [0.29, 0.717) is 6.54 Å². The van der Waals surface area contributed by atoms with Gasteiger partial charge in [-0.25, -0.2) is 8.78 Å². The molecule has 0 atom stereocenters. The average molecular weight is 358 g/mol. The number of nitrogens with zero attached hydrogens (tertiary/aromatic N) is 1. The standard InChI is InChI=1S/C19H20F2N4O/c1-12-6-7-14(23-2)10-13(12)11-24-9-8-17(22)25-19(26)18-15(20)4-3-5-16(18)21/h3-10,23-24H,11H2,1-2H3,(H2,22,25,26)/b9-8-. The molecule has 0 spiro atoms. The highest BCUT2D eigenvalue weighted by atomic mass is 19.1. The fourth-order valence-corrected chi connectivity index (χ4v) is 2.24. The fraction of sp³-hybridized carbons (Fsp3) is 0.158. The van der Waals surface area contributed by atoms with Crippen molar-refractivity contribution in [3.63, 3.8) is 0 Å². The van der Waals surface area contributed by atoms with Crippen molar-refractivity contribution in [2.45, 2.75) is 13.5 Å². The number of nitrogens with two attached hydrogens (primary N) is 1. The molecule has 1 amide bonds. The molecule has 0 bridgehead atoms. The summed E-state index contributed by atoms with van der Waals surface area (Å²) in [6.07, 6.45) is 2.88. The van der Waals surface area contributed by atoms with E-state index in [-0.39, 0.29) is 5.84 Å². The third-order valence-electron chi connectivity index (χ3n) is 3.71. The Morgan fingerprint density at radius 1 is 1.23 bits per heavy atom. The van der Waals surface area contributed by atoms with Gasteiger partial charge in [0, 0.05) is 25.5 Å². The number of hydrogen-bond acceptors (Lipinski definition) is 3. The van der Waals surface area contributed by atoms with Gasteiger partial charge in [0.2, 0.25) is 0 Å². The van der Waals surface area contributed by atoms with Gasteiger partial charge in [-0.15, -0.1) is 0 Å². The third kappa shape index (κ3) is 4.89. The molecule has 136 valence electrons. The molecular formula is C19H20F2N4O. The van der Waals surface area contributed by atoms with E-state index in [1.54, 1.807) is 0 Å². The van der Waals surface area contributed by atoms with E-state index in [1.807, 2.05) is 32.2 Å². The molecule has 26 heavy (non-hydrogen) atoms. The highest BCUT2D eigenvalue weighted by Gasteiger charge is 2.16. The molecule has 0 heterocycles. The largest absolute Gasteiger partial charge is 0.388 e. The van der Waals surface area contributed by atoms with Crippen LogP contribution in [0, 0.1) is 18.6 Å². The second-order valence-corrected chi connectivity index (χ2v) is 5.54. The van der Waals surface area contributed by atoms with Gasteiger partial charge in [0.15, 0.2) is 0 Å². The topological polar surface area (TPSA) is 79.5 Å². The number of aliphatic imine (C=N–C) groups is 1. The summed E-state index contributed by atoms with van der Waals surface area (Å²) in [5.74, 6) is -3.19. The molecule has 0 aliphatic carbocycles. The zero-order chi connectivity index (χ0) is 19.1. The van der Waals surface area contributed by atoms with Crippen molar-refractivity contribution in [2.75, 3.05) is 12.4 Å². The number of anilines is 1. The van der Waals surface area contributed by atoms with Crippen LogP contribution < -0.4 is 16.4 Å². The summed E-state index contributed by atoms with van der Waals surface area (Å²) in [5, 5.41) is 6.10. The van der Waals surface area contributed by atoms with Gasteiger partial charge in [0.25, 0.3) is 5.91 Å². The molecule has 4 N–H and O–H groups in total. The van der Waals surface area contributed by atoms with Gasteiger partial charge < -0.3 is 16.4 Å². The molecule has 2 aromatic rings. The van der Waals surface area contributed by atoms with Crippen LogP contribution in [0.3, 0.4) is 0 Å². The summed E-state index contributed by atoms with van der Waals surface area (Å²) in [6, 6.07) is 9.14. The molecule has 0 aliphatic heterocycles. The minimum atomic E-state index is -1.07. The molecular weight excluding hydrogens is 338 g/mol. The van der Waals surface area contributed by atoms with Crippen LogP contribution >= 0.6 is 0 Å². The lowest BCUT2D eigenvalue weighted by Crippen LogP contribution is -2.15. The summed E-state index contributed by atoms with van der Waals surface area (Å²) in [4.78, 5) is 15.4. The maximum Gasteiger partial charge on any atom is 0.284 e. The number of halogens is 2. The Hall–Kier alpha value is -3.22. The summed E-state index contributed by atoms with van der Waals surface area (Å²) >= 11 is 0. The lowest BCUT2D eigenvalue weighted by Gasteiger charge is -2.08. The van der Waals surface area contributed by atoms with Crippen molar-refractivity contribution in [3.8, 4) is 0 Å². The van der Waals surface area contributed by atoms with Crippen LogP contribution in [0.25, 0.3) is 0 Å². The van der Waals surface area contributed by atoms with E-state index < -0.39 is 23.1 Å². The molecule has 5 nitrogen and oxygen atoms in total. The number of nitrogens with one attached hydrogen (secondary N) is 2. The summed E-state index contributed by atoms with van der Waals surface area (Å²) in [7, 11) is 1.84. The number of benzene rings is 2. The molecule has 0 aromatic heterocycles. The van der Waals surface area contributed by atoms with Gasteiger partial charge in [0.05, 0.1) is 0 Å². The monoisotopic (exact) mass is 358 g/mol. The average Bonchev–Trinajstić information content (AvgIpc) is 2.60. The molecule has 2 rings (SSSR count). The van der Waals surface area contributed by atoms with Crippen molar-refractivity contribution in [2.24, 2.45) is 10.7 Å². The zero-order valence-corrected chi connectivity index (χ0v) is 14.5. The smallest absolute Gasteiger partial charge is 0.284 e. The Morgan fingerprint density at radius 2 is 1.92 bits per heavy atom. The zero-order valence-electron chi connectivity index (χ0n) is 14.5. The molecule has 0 aliphatic rings. The first-order valence-electron chi connectivity index (χ1n) is 7.92. The van der Waals surface area contributed by atoms with Crippen LogP contribution in [0.5, 0.6) is 0 Å². The van der Waals surface area contributed by atoms with E-state index in [1.165, 1.54) is 18.3 Å². The van der Waals surface area contributed by atoms with Gasteiger partial charge in [-0.2, -0.15) is 4.99 Å². The van der Waals surface area contributed by atoms with Crippen molar-refractivity contribution in [3.05, 3.63) is 77.0 Å². The minimum absolute atomic E-state index is 0.161. The quantitative estimate of drug-likeness (QED) is 0.548. The second kappa shape index (κ2) is 8.75. The molecule has 0 saturated carbocycles. The number of hydrogen-bond donors (Lipinski definition) is 3. The first-order chi connectivity index (χ1) is 12.4. The first-order valence-corrected chi connectivity index (χ1v) is 7.92. The maximum atomic E-state index is 13.5. The Balaban J connectivity index is 2.00. The highest BCUT2D eigenvalue weighted by Crippen LogP contribution is 2.15. The SMILES string of the molecule is CNc1ccc(C)c(CN/C=C\C(N)=NC(=O)c2c(F)cccc2F)c1. The van der Waals surface area contributed by atoms with E-state index >= 15 is 0 Å². The van der Waals surface area contributed by atoms with E-state index in [0.717, 1.165) is 28.9 Å². The third-order valence-corrected chi connectivity index (χ3v) is 3.71. The Kier molecular flexibility index (Phi) is 6.43. The van der Waals surface area contributed by atoms with Crippen LogP contribution in [0.2, 0.25) is 0 Å². The van der Waals surface area contributed by atoms with Crippen LogP contribution in [-0.4, -0.2) is 18.8 Å². The van der Waals surface area contributed by atoms with Gasteiger partial charge in [-0.05, 0) is 48.4 Å². The van der Waals surface area contributed by atoms with Crippen LogP contribution in [-0.2, 0) is 6.54 Å². The minimum Gasteiger partial charge on any atom is -0.388 e. The molecule has 0 fully saturated rings. The van der Waals surface area contributed by atoms with E-state index in [9.17, 15) is 13.6 Å². The first kappa shape index (κ1) is 19.1. The van der Waals surface area contributed by atoms with Gasteiger partial charge in [-0.1, -0.05) is 12.1 Å². The van der Waals surface area contributed by atoms with Crippen molar-refractivity contribution < 1.29 is 13.6 Å². The van der Waals surface area contributed by atoms with Gasteiger partial charge in [-0.3, -0.25) is 4.79 Å². The molecule has 0 radical (unpaired) electrons. The fourth-order valence-electron chi connectivity index (χ4n) is 2.24. The van der Waals surface area contributed by atoms with Gasteiger partial charge in [0.1, 0.15) is 23.0 Å². The lowest BCUT2D eigenvalue weighted by atomic mass is 10.1. The number of carbonyl (C=O) groups excluding carboxylic acids is 1. The Labute approximate surface area is 150 Å². The second-order valence-electron chi connectivity index (χ2n) is 5.54. The molecule has 2 aromatic carbocycles. The van der Waals surface area contributed by atoms with Crippen LogP contribution in [0.4, 0.5) is 14.5 Å². The number of rotatable bonds is 6. The molecule has 7 heteroatoms. The molecule has 0 saturated heterocycles. The maximum absolute atomic E-state index is 13.5. The van der Waals surface area contributed by atoms with Crippen molar-refractivity contribution in [1.82, 2.24) is 5.32 Å². The normalized spacial score (nSPS) is 11.6. The van der Waals surface area contributed by atoms with Crippen molar-refractivity contribution in [1.29, 1.82) is 0 Å². The number of amidine groups is 1. The number of aryl methyl sites for hydroxylation is 1. The van der Waals surface area contributed by atoms with Gasteiger partial charge >= 0.3 is 0 Å². The Morgan fingerprint density at radius 3 is 2.58 bits per heavy atom. The Bertz CT molecular complexity index is 842. The lowest BCUT2D eigenvalue weighted by molar-refractivity contribution is 0.0995. The summed E-state index contributed by atoms with van der Waals surface area (Å²) in [5.41, 5.74) is 8.09. The summed E-state index contributed by atoms with van der Waals surface area (Å²) < 4.78 is 27.1. The van der Waals surface area contributed by atoms with E-state index in [4.69, 9.17) is 5.73 Å². The summed E-state index contributed by atoms with van der Waals surface area (Å²) in [6.45, 7) is 2.54. The van der Waals surface area contributed by atoms with E-state index in [2.05, 4.69) is 15.6 Å². The van der Waals surface area contributed by atoms with Crippen LogP contribution in [0.15, 0.2) is 53.7 Å². The predicted octanol–water partition coefficient (Wildman–Crippen LogP) is 3.12. The van der Waals surface area contributed by atoms with Crippen LogP contribution in [0.1, 0.15) is 21.5 Å². The predicted molar refractivity (Wildman–Crippen MR) is 99.0 cm³/mol. The highest BCUT2D eigenvalue weighted by molar-refractivity contribution is 6.06.